The van der Waals surface area contributed by atoms with Crippen molar-refractivity contribution in [3.05, 3.63) is 29.1 Å². The number of aromatic nitrogens is 1. The maximum Gasteiger partial charge on any atom is 0.419 e. The van der Waals surface area contributed by atoms with Crippen LogP contribution in [0, 0.1) is 11.3 Å². The van der Waals surface area contributed by atoms with Gasteiger partial charge in [0.25, 0.3) is 6.43 Å². The molecular weight excluding hydrogens is 219 g/mol. The van der Waals surface area contributed by atoms with Crippen LogP contribution in [0.2, 0.25) is 0 Å². The Morgan fingerprint density at radius 1 is 1.27 bits per heavy atom. The lowest BCUT2D eigenvalue weighted by Gasteiger charge is -2.10. The first-order valence-electron chi connectivity index (χ1n) is 3.61. The fraction of sp³-hybridized carbons (Fsp3) is 0.250. The Balaban J connectivity index is 3.44. The van der Waals surface area contributed by atoms with Gasteiger partial charge in [0.05, 0.1) is 16.7 Å². The SMILES string of the molecule is N#Cc1c(C(F)F)cncc1C(F)(F)F. The summed E-state index contributed by atoms with van der Waals surface area (Å²) in [6, 6.07) is 1.11. The van der Waals surface area contributed by atoms with Crippen molar-refractivity contribution in [2.24, 2.45) is 0 Å². The standard InChI is InChI=1S/C8H3F5N2/c9-7(10)5-2-15-3-6(4(5)1-14)8(11,12)13/h2-3,7H. The molecular formula is C8H3F5N2. The van der Waals surface area contributed by atoms with E-state index in [-0.39, 0.29) is 0 Å². The Hall–Kier alpha value is -1.71. The van der Waals surface area contributed by atoms with Gasteiger partial charge in [-0.05, 0) is 0 Å². The molecule has 0 aliphatic heterocycles. The van der Waals surface area contributed by atoms with Gasteiger partial charge in [-0.25, -0.2) is 8.78 Å². The van der Waals surface area contributed by atoms with Gasteiger partial charge in [-0.15, -0.1) is 0 Å². The van der Waals surface area contributed by atoms with Crippen molar-refractivity contribution in [1.29, 1.82) is 5.26 Å². The minimum atomic E-state index is -4.86. The zero-order chi connectivity index (χ0) is 11.6. The first-order valence-corrected chi connectivity index (χ1v) is 3.61. The number of halogens is 5. The molecule has 0 amide bonds. The van der Waals surface area contributed by atoms with Gasteiger partial charge in [0.15, 0.2) is 0 Å². The van der Waals surface area contributed by atoms with Gasteiger partial charge in [-0.3, -0.25) is 4.98 Å². The maximum atomic E-state index is 12.2. The van der Waals surface area contributed by atoms with Crippen LogP contribution in [0.4, 0.5) is 22.0 Å². The minimum absolute atomic E-state index is 0.352. The maximum absolute atomic E-state index is 12.2. The number of pyridine rings is 1. The number of nitrogens with zero attached hydrogens (tertiary/aromatic N) is 2. The van der Waals surface area contributed by atoms with Crippen LogP contribution in [-0.4, -0.2) is 4.98 Å². The van der Waals surface area contributed by atoms with Gasteiger partial charge < -0.3 is 0 Å². The van der Waals surface area contributed by atoms with E-state index in [0.717, 1.165) is 6.07 Å². The Morgan fingerprint density at radius 3 is 2.27 bits per heavy atom. The molecule has 0 aromatic carbocycles. The van der Waals surface area contributed by atoms with Crippen LogP contribution in [-0.2, 0) is 6.18 Å². The molecule has 80 valence electrons. The van der Waals surface area contributed by atoms with Gasteiger partial charge in [-0.2, -0.15) is 18.4 Å². The van der Waals surface area contributed by atoms with E-state index < -0.39 is 29.3 Å². The summed E-state index contributed by atoms with van der Waals surface area (Å²) >= 11 is 0. The average Bonchev–Trinajstić information content (AvgIpc) is 2.15. The molecule has 15 heavy (non-hydrogen) atoms. The Kier molecular flexibility index (Phi) is 2.88. The Bertz CT molecular complexity index is 404. The van der Waals surface area contributed by atoms with Crippen LogP contribution < -0.4 is 0 Å². The molecule has 0 aliphatic rings. The van der Waals surface area contributed by atoms with Crippen molar-refractivity contribution < 1.29 is 22.0 Å². The van der Waals surface area contributed by atoms with Crippen molar-refractivity contribution in [1.82, 2.24) is 4.98 Å². The number of hydrogen-bond donors (Lipinski definition) is 0. The number of hydrogen-bond acceptors (Lipinski definition) is 2. The summed E-state index contributed by atoms with van der Waals surface area (Å²) in [5, 5.41) is 8.40. The molecule has 0 spiro atoms. The summed E-state index contributed by atoms with van der Waals surface area (Å²) in [5.41, 5.74) is -3.53. The zero-order valence-electron chi connectivity index (χ0n) is 7.02. The van der Waals surface area contributed by atoms with Crippen molar-refractivity contribution in [2.45, 2.75) is 12.6 Å². The fourth-order valence-corrected chi connectivity index (χ4v) is 0.982. The predicted octanol–water partition coefficient (Wildman–Crippen LogP) is 2.91. The van der Waals surface area contributed by atoms with Gasteiger partial charge in [-0.1, -0.05) is 0 Å². The highest BCUT2D eigenvalue weighted by molar-refractivity contribution is 5.44. The lowest BCUT2D eigenvalue weighted by atomic mass is 10.1. The summed E-state index contributed by atoms with van der Waals surface area (Å²) in [6.45, 7) is 0. The molecule has 0 radical (unpaired) electrons. The topological polar surface area (TPSA) is 36.7 Å². The highest BCUT2D eigenvalue weighted by Crippen LogP contribution is 2.34. The first kappa shape index (κ1) is 11.4. The van der Waals surface area contributed by atoms with Crippen LogP contribution in [0.5, 0.6) is 0 Å². The number of alkyl halides is 5. The van der Waals surface area contributed by atoms with Crippen molar-refractivity contribution in [3.8, 4) is 6.07 Å². The summed E-state index contributed by atoms with van der Waals surface area (Å²) in [5.74, 6) is 0. The second-order valence-electron chi connectivity index (χ2n) is 2.56. The van der Waals surface area contributed by atoms with E-state index in [0.29, 0.717) is 12.4 Å². The van der Waals surface area contributed by atoms with E-state index in [1.807, 2.05) is 0 Å². The normalized spacial score (nSPS) is 11.5. The molecule has 2 nitrogen and oxygen atoms in total. The van der Waals surface area contributed by atoms with Crippen molar-refractivity contribution >= 4 is 0 Å². The zero-order valence-corrected chi connectivity index (χ0v) is 7.02. The fourth-order valence-electron chi connectivity index (χ4n) is 0.982. The lowest BCUT2D eigenvalue weighted by Crippen LogP contribution is -2.10. The van der Waals surface area contributed by atoms with E-state index in [1.54, 1.807) is 0 Å². The summed E-state index contributed by atoms with van der Waals surface area (Å²) < 4.78 is 61.2. The number of nitriles is 1. The van der Waals surface area contributed by atoms with E-state index in [1.165, 1.54) is 0 Å². The van der Waals surface area contributed by atoms with Crippen LogP contribution in [0.1, 0.15) is 23.1 Å². The quantitative estimate of drug-likeness (QED) is 0.685. The van der Waals surface area contributed by atoms with E-state index in [9.17, 15) is 22.0 Å². The van der Waals surface area contributed by atoms with Crippen LogP contribution in [0.3, 0.4) is 0 Å². The summed E-state index contributed by atoms with van der Waals surface area (Å²) in [4.78, 5) is 3.03. The van der Waals surface area contributed by atoms with Crippen molar-refractivity contribution in [3.63, 3.8) is 0 Å². The third-order valence-corrected chi connectivity index (χ3v) is 1.63. The molecule has 0 atom stereocenters. The molecule has 0 fully saturated rings. The number of rotatable bonds is 1. The van der Waals surface area contributed by atoms with Gasteiger partial charge in [0, 0.05) is 12.4 Å². The molecule has 0 saturated carbocycles. The predicted molar refractivity (Wildman–Crippen MR) is 38.9 cm³/mol. The van der Waals surface area contributed by atoms with E-state index >= 15 is 0 Å². The third-order valence-electron chi connectivity index (χ3n) is 1.63. The average molecular weight is 222 g/mol. The summed E-state index contributed by atoms with van der Waals surface area (Å²) in [6.07, 6.45) is -7.11. The highest BCUT2D eigenvalue weighted by atomic mass is 19.4. The second kappa shape index (κ2) is 3.81. The van der Waals surface area contributed by atoms with Crippen LogP contribution in [0.25, 0.3) is 0 Å². The molecule has 0 bridgehead atoms. The Morgan fingerprint density at radius 2 is 1.87 bits per heavy atom. The molecule has 0 unspecified atom stereocenters. The molecule has 0 N–H and O–H groups in total. The van der Waals surface area contributed by atoms with Gasteiger partial charge in [0.1, 0.15) is 6.07 Å². The lowest BCUT2D eigenvalue weighted by molar-refractivity contribution is -0.138. The Labute approximate surface area is 81.0 Å². The molecule has 1 aromatic heterocycles. The molecule has 7 heteroatoms. The highest BCUT2D eigenvalue weighted by Gasteiger charge is 2.36. The molecule has 1 aromatic rings. The second-order valence-corrected chi connectivity index (χ2v) is 2.56. The smallest absolute Gasteiger partial charge is 0.264 e. The molecule has 1 heterocycles. The van der Waals surface area contributed by atoms with E-state index in [4.69, 9.17) is 5.26 Å². The van der Waals surface area contributed by atoms with Crippen LogP contribution in [0.15, 0.2) is 12.4 Å². The minimum Gasteiger partial charge on any atom is -0.264 e. The molecule has 1 rings (SSSR count). The van der Waals surface area contributed by atoms with Crippen molar-refractivity contribution in [2.75, 3.05) is 0 Å². The largest absolute Gasteiger partial charge is 0.419 e. The monoisotopic (exact) mass is 222 g/mol. The first-order chi connectivity index (χ1) is 6.88. The molecule has 0 aliphatic carbocycles. The third kappa shape index (κ3) is 2.21. The van der Waals surface area contributed by atoms with Crippen LogP contribution >= 0.6 is 0 Å². The van der Waals surface area contributed by atoms with Gasteiger partial charge >= 0.3 is 6.18 Å². The molecule has 0 saturated heterocycles. The van der Waals surface area contributed by atoms with Gasteiger partial charge in [0.2, 0.25) is 0 Å². The summed E-state index contributed by atoms with van der Waals surface area (Å²) in [7, 11) is 0. The van der Waals surface area contributed by atoms with E-state index in [2.05, 4.69) is 4.98 Å².